The van der Waals surface area contributed by atoms with Gasteiger partial charge in [0.2, 0.25) is 0 Å². The van der Waals surface area contributed by atoms with Crippen LogP contribution in [0.3, 0.4) is 0 Å². The first kappa shape index (κ1) is 28.8. The summed E-state index contributed by atoms with van der Waals surface area (Å²) in [7, 11) is 0. The number of phenols is 2. The standard InChI is InChI=1S/C38H29NO2.Pt/c1-25(29-17-9-11-19-36(29)40)23-33(27-13-5-3-6-14-27)30-21-22-31-34(28-15-7-4-8-16-28)24-35(39-38(31)26(30)2)32-18-10-12-20-37(32)41;/h3-24,40-41H,1H2,2H3;/b33-23-;. The minimum atomic E-state index is 0. The Morgan fingerprint density at radius 3 is 1.98 bits per heavy atom. The average Bonchev–Trinajstić information content (AvgIpc) is 3.01. The van der Waals surface area contributed by atoms with Crippen LogP contribution in [0.15, 0.2) is 140 Å². The van der Waals surface area contributed by atoms with Crippen molar-refractivity contribution in [2.45, 2.75) is 6.92 Å². The van der Waals surface area contributed by atoms with E-state index in [-0.39, 0.29) is 32.6 Å². The van der Waals surface area contributed by atoms with Gasteiger partial charge in [0.25, 0.3) is 0 Å². The first-order valence-corrected chi connectivity index (χ1v) is 13.5. The van der Waals surface area contributed by atoms with Crippen molar-refractivity contribution < 1.29 is 31.3 Å². The summed E-state index contributed by atoms with van der Waals surface area (Å²) in [5, 5.41) is 22.3. The number of aromatic nitrogens is 1. The van der Waals surface area contributed by atoms with Gasteiger partial charge in [0, 0.05) is 37.6 Å². The van der Waals surface area contributed by atoms with E-state index in [4.69, 9.17) is 4.98 Å². The summed E-state index contributed by atoms with van der Waals surface area (Å²) in [5.74, 6) is 0.383. The second-order valence-electron chi connectivity index (χ2n) is 10.0. The van der Waals surface area contributed by atoms with E-state index in [1.54, 1.807) is 18.2 Å². The number of fused-ring (bicyclic) bond motifs is 1. The van der Waals surface area contributed by atoms with E-state index in [2.05, 4.69) is 56.0 Å². The number of phenolic OH excluding ortho intramolecular Hbond substituents is 2. The summed E-state index contributed by atoms with van der Waals surface area (Å²) in [6.07, 6.45) is 2.03. The summed E-state index contributed by atoms with van der Waals surface area (Å²) in [6, 6.07) is 41.3. The molecule has 4 heteroatoms. The Hall–Kier alpha value is -4.72. The van der Waals surface area contributed by atoms with Crippen molar-refractivity contribution in [3.8, 4) is 33.9 Å². The van der Waals surface area contributed by atoms with Crippen molar-refractivity contribution in [3.05, 3.63) is 162 Å². The maximum Gasteiger partial charge on any atom is 0.124 e. The number of rotatable bonds is 6. The third kappa shape index (κ3) is 5.57. The first-order valence-electron chi connectivity index (χ1n) is 13.5. The number of hydrogen-bond donors (Lipinski definition) is 2. The number of para-hydroxylation sites is 2. The summed E-state index contributed by atoms with van der Waals surface area (Å²) in [4.78, 5) is 5.13. The number of aryl methyl sites for hydroxylation is 1. The zero-order chi connectivity index (χ0) is 28.3. The van der Waals surface area contributed by atoms with Gasteiger partial charge in [0.05, 0.1) is 11.2 Å². The van der Waals surface area contributed by atoms with Crippen LogP contribution in [0, 0.1) is 6.92 Å². The number of hydrogen-bond acceptors (Lipinski definition) is 3. The molecule has 0 saturated heterocycles. The fraction of sp³-hybridized carbons (Fsp3) is 0.0263. The molecule has 0 aliphatic heterocycles. The van der Waals surface area contributed by atoms with Gasteiger partial charge in [-0.2, -0.15) is 0 Å². The Bertz CT molecular complexity index is 1930. The van der Waals surface area contributed by atoms with Gasteiger partial charge in [-0.15, -0.1) is 0 Å². The van der Waals surface area contributed by atoms with Crippen molar-refractivity contribution >= 4 is 22.0 Å². The summed E-state index contributed by atoms with van der Waals surface area (Å²) in [5.41, 5.74) is 9.81. The second kappa shape index (κ2) is 12.4. The van der Waals surface area contributed by atoms with Crippen LogP contribution < -0.4 is 0 Å². The summed E-state index contributed by atoms with van der Waals surface area (Å²) in [6.45, 7) is 6.40. The molecule has 0 spiro atoms. The topological polar surface area (TPSA) is 53.4 Å². The molecule has 0 fully saturated rings. The molecule has 0 amide bonds. The molecule has 42 heavy (non-hydrogen) atoms. The van der Waals surface area contributed by atoms with Gasteiger partial charge in [-0.3, -0.25) is 0 Å². The Morgan fingerprint density at radius 1 is 0.667 bits per heavy atom. The zero-order valence-electron chi connectivity index (χ0n) is 23.1. The predicted octanol–water partition coefficient (Wildman–Crippen LogP) is 9.43. The fourth-order valence-electron chi connectivity index (χ4n) is 5.34. The molecule has 0 aliphatic rings. The summed E-state index contributed by atoms with van der Waals surface area (Å²) < 4.78 is 0. The zero-order valence-corrected chi connectivity index (χ0v) is 25.3. The maximum absolute atomic E-state index is 10.7. The first-order chi connectivity index (χ1) is 20.0. The molecule has 5 aromatic carbocycles. The molecule has 0 atom stereocenters. The van der Waals surface area contributed by atoms with Crippen LogP contribution in [0.25, 0.3) is 44.4 Å². The number of benzene rings is 5. The van der Waals surface area contributed by atoms with Gasteiger partial charge >= 0.3 is 0 Å². The van der Waals surface area contributed by atoms with Gasteiger partial charge < -0.3 is 10.2 Å². The third-order valence-electron chi connectivity index (χ3n) is 7.44. The van der Waals surface area contributed by atoms with Crippen LogP contribution in [0.4, 0.5) is 0 Å². The Morgan fingerprint density at radius 2 is 1.29 bits per heavy atom. The molecule has 6 rings (SSSR count). The third-order valence-corrected chi connectivity index (χ3v) is 7.44. The molecule has 1 heterocycles. The number of aromatic hydroxyl groups is 2. The second-order valence-corrected chi connectivity index (χ2v) is 10.0. The molecule has 1 aromatic heterocycles. The summed E-state index contributed by atoms with van der Waals surface area (Å²) >= 11 is 0. The van der Waals surface area contributed by atoms with E-state index in [1.807, 2.05) is 72.8 Å². The van der Waals surface area contributed by atoms with Gasteiger partial charge in [-0.1, -0.05) is 110 Å². The van der Waals surface area contributed by atoms with Crippen LogP contribution in [0.1, 0.15) is 22.3 Å². The maximum atomic E-state index is 10.7. The van der Waals surface area contributed by atoms with Crippen LogP contribution in [0.2, 0.25) is 0 Å². The van der Waals surface area contributed by atoms with Crippen molar-refractivity contribution in [1.82, 2.24) is 4.98 Å². The van der Waals surface area contributed by atoms with Crippen molar-refractivity contribution in [1.29, 1.82) is 0 Å². The molecule has 0 bridgehead atoms. The Labute approximate surface area is 260 Å². The molecule has 208 valence electrons. The normalized spacial score (nSPS) is 11.2. The molecular weight excluding hydrogens is 698 g/mol. The number of pyridine rings is 1. The SMILES string of the molecule is C=C(/C=C(/c1ccccc1)c1ccc2c(-c3ccccc3)cc(-c3ccccc3O)nc2c1C)c1ccccc1O.[Pt]. The van der Waals surface area contributed by atoms with E-state index in [9.17, 15) is 10.2 Å². The fourth-order valence-corrected chi connectivity index (χ4v) is 5.34. The minimum Gasteiger partial charge on any atom is -0.507 e. The van der Waals surface area contributed by atoms with E-state index in [0.29, 0.717) is 22.4 Å². The van der Waals surface area contributed by atoms with E-state index < -0.39 is 0 Å². The number of allylic oxidation sites excluding steroid dienone is 2. The van der Waals surface area contributed by atoms with Crippen LogP contribution in [-0.4, -0.2) is 15.2 Å². The van der Waals surface area contributed by atoms with Gasteiger partial charge in [-0.05, 0) is 76.2 Å². The van der Waals surface area contributed by atoms with E-state index in [1.165, 1.54) is 0 Å². The van der Waals surface area contributed by atoms with Crippen molar-refractivity contribution in [2.75, 3.05) is 0 Å². The van der Waals surface area contributed by atoms with Crippen LogP contribution in [0.5, 0.6) is 11.5 Å². The largest absolute Gasteiger partial charge is 0.507 e. The van der Waals surface area contributed by atoms with Crippen molar-refractivity contribution in [2.24, 2.45) is 0 Å². The molecule has 0 saturated carbocycles. The molecule has 3 nitrogen and oxygen atoms in total. The van der Waals surface area contributed by atoms with Gasteiger partial charge in [-0.25, -0.2) is 4.98 Å². The number of nitrogens with zero attached hydrogens (tertiary/aromatic N) is 1. The monoisotopic (exact) mass is 726 g/mol. The van der Waals surface area contributed by atoms with Gasteiger partial charge in [0.15, 0.2) is 0 Å². The van der Waals surface area contributed by atoms with E-state index >= 15 is 0 Å². The van der Waals surface area contributed by atoms with Crippen LogP contribution in [-0.2, 0) is 21.1 Å². The molecule has 6 aromatic rings. The molecule has 0 radical (unpaired) electrons. The smallest absolute Gasteiger partial charge is 0.124 e. The van der Waals surface area contributed by atoms with Crippen LogP contribution >= 0.6 is 0 Å². The molecule has 2 N–H and O–H groups in total. The quantitative estimate of drug-likeness (QED) is 0.168. The van der Waals surface area contributed by atoms with E-state index in [0.717, 1.165) is 44.3 Å². The predicted molar refractivity (Wildman–Crippen MR) is 170 cm³/mol. The average molecular weight is 727 g/mol. The van der Waals surface area contributed by atoms with Crippen molar-refractivity contribution in [3.63, 3.8) is 0 Å². The molecule has 0 aliphatic carbocycles. The Kier molecular flexibility index (Phi) is 8.52. The minimum absolute atomic E-state index is 0. The Balaban J connectivity index is 0.00000353. The van der Waals surface area contributed by atoms with Gasteiger partial charge in [0.1, 0.15) is 11.5 Å². The molecular formula is C38H29NO2Pt. The molecule has 0 unspecified atom stereocenters.